The number of hydrogen-bond acceptors (Lipinski definition) is 3. The number of rotatable bonds is 5. The molecule has 4 aliphatic rings. The molecule has 1 N–H and O–H groups in total. The molecule has 4 nitrogen and oxygen atoms in total. The Morgan fingerprint density at radius 1 is 1.26 bits per heavy atom. The molecule has 1 aromatic heterocycles. The van der Waals surface area contributed by atoms with Crippen molar-refractivity contribution >= 4 is 17.2 Å². The van der Waals surface area contributed by atoms with Crippen molar-refractivity contribution in [1.82, 2.24) is 9.88 Å². The number of amides is 1. The maximum atomic E-state index is 12.2. The van der Waals surface area contributed by atoms with Crippen LogP contribution in [0.25, 0.3) is 0 Å². The monoisotopic (exact) mass is 334 g/mol. The lowest BCUT2D eigenvalue weighted by atomic mass is 9.49. The number of carbonyl (C=O) groups excluding carboxylic acids is 1. The van der Waals surface area contributed by atoms with Gasteiger partial charge in [0, 0.05) is 30.6 Å². The standard InChI is InChI=1S/C18H26N2O2S/c1-12-10-23-17(22)20(12)3-2-16(21)19-11-18-7-13-4-14(8-18)6-15(5-13)9-18/h10,13-15H,2-9,11H2,1H3,(H,19,21). The average Bonchev–Trinajstić information content (AvgIpc) is 2.81. The van der Waals surface area contributed by atoms with Crippen LogP contribution in [0.15, 0.2) is 10.2 Å². The van der Waals surface area contributed by atoms with Crippen molar-refractivity contribution in [3.63, 3.8) is 0 Å². The molecule has 0 aromatic carbocycles. The largest absolute Gasteiger partial charge is 0.355 e. The summed E-state index contributed by atoms with van der Waals surface area (Å²) in [5, 5.41) is 5.05. The lowest BCUT2D eigenvalue weighted by molar-refractivity contribution is -0.123. The molecule has 0 radical (unpaired) electrons. The molecule has 5 rings (SSSR count). The van der Waals surface area contributed by atoms with Gasteiger partial charge < -0.3 is 9.88 Å². The van der Waals surface area contributed by atoms with Gasteiger partial charge in [-0.25, -0.2) is 0 Å². The second-order valence-electron chi connectivity index (χ2n) is 8.24. The van der Waals surface area contributed by atoms with Crippen molar-refractivity contribution < 1.29 is 4.79 Å². The van der Waals surface area contributed by atoms with Gasteiger partial charge in [-0.05, 0) is 68.6 Å². The van der Waals surface area contributed by atoms with Crippen LogP contribution in [0.2, 0.25) is 0 Å². The molecule has 126 valence electrons. The van der Waals surface area contributed by atoms with E-state index in [-0.39, 0.29) is 10.8 Å². The van der Waals surface area contributed by atoms with Crippen molar-refractivity contribution in [2.45, 2.75) is 58.4 Å². The van der Waals surface area contributed by atoms with Crippen molar-refractivity contribution in [3.8, 4) is 0 Å². The normalized spacial score (nSPS) is 34.7. The molecule has 0 aliphatic heterocycles. The van der Waals surface area contributed by atoms with E-state index in [0.717, 1.165) is 30.0 Å². The topological polar surface area (TPSA) is 51.1 Å². The van der Waals surface area contributed by atoms with Gasteiger partial charge in [-0.3, -0.25) is 9.59 Å². The molecular weight excluding hydrogens is 308 g/mol. The number of carbonyl (C=O) groups is 1. The molecule has 5 heteroatoms. The smallest absolute Gasteiger partial charge is 0.307 e. The predicted octanol–water partition coefficient (Wildman–Crippen LogP) is 2.94. The van der Waals surface area contributed by atoms with Gasteiger partial charge >= 0.3 is 4.87 Å². The fourth-order valence-corrected chi connectivity index (χ4v) is 6.53. The first-order valence-corrected chi connectivity index (χ1v) is 9.83. The quantitative estimate of drug-likeness (QED) is 0.900. The minimum absolute atomic E-state index is 0.0383. The second-order valence-corrected chi connectivity index (χ2v) is 9.06. The van der Waals surface area contributed by atoms with Gasteiger partial charge in [-0.2, -0.15) is 0 Å². The van der Waals surface area contributed by atoms with Gasteiger partial charge in [-0.1, -0.05) is 11.3 Å². The molecule has 1 heterocycles. The highest BCUT2D eigenvalue weighted by atomic mass is 32.1. The molecule has 1 amide bonds. The highest BCUT2D eigenvalue weighted by molar-refractivity contribution is 7.07. The maximum absolute atomic E-state index is 12.2. The van der Waals surface area contributed by atoms with E-state index in [1.165, 1.54) is 49.9 Å². The summed E-state index contributed by atoms with van der Waals surface area (Å²) in [5.74, 6) is 2.86. The van der Waals surface area contributed by atoms with E-state index in [0.29, 0.717) is 18.4 Å². The first-order valence-electron chi connectivity index (χ1n) is 8.95. The molecule has 0 atom stereocenters. The number of aromatic nitrogens is 1. The highest BCUT2D eigenvalue weighted by Crippen LogP contribution is 2.59. The molecule has 23 heavy (non-hydrogen) atoms. The SMILES string of the molecule is Cc1csc(=O)n1CCC(=O)NCC12CC3CC(CC(C3)C1)C2. The summed E-state index contributed by atoms with van der Waals surface area (Å²) in [6.07, 6.45) is 8.69. The third kappa shape index (κ3) is 3.00. The van der Waals surface area contributed by atoms with Crippen LogP contribution in [0.1, 0.15) is 50.6 Å². The number of nitrogens with zero attached hydrogens (tertiary/aromatic N) is 1. The first-order chi connectivity index (χ1) is 11.0. The van der Waals surface area contributed by atoms with E-state index < -0.39 is 0 Å². The van der Waals surface area contributed by atoms with Gasteiger partial charge in [0.15, 0.2) is 0 Å². The Balaban J connectivity index is 1.31. The third-order valence-electron chi connectivity index (χ3n) is 6.36. The van der Waals surface area contributed by atoms with Crippen molar-refractivity contribution in [2.75, 3.05) is 6.54 Å². The molecular formula is C18H26N2O2S. The Bertz CT molecular complexity index is 625. The van der Waals surface area contributed by atoms with E-state index in [4.69, 9.17) is 0 Å². The Morgan fingerprint density at radius 2 is 1.87 bits per heavy atom. The maximum Gasteiger partial charge on any atom is 0.307 e. The number of thiazole rings is 1. The molecule has 4 bridgehead atoms. The van der Waals surface area contributed by atoms with Crippen molar-refractivity contribution in [2.24, 2.45) is 23.2 Å². The fourth-order valence-electron chi connectivity index (χ4n) is 5.77. The summed E-state index contributed by atoms with van der Waals surface area (Å²) in [4.78, 5) is 24.0. The molecule has 4 saturated carbocycles. The average molecular weight is 334 g/mol. The lowest BCUT2D eigenvalue weighted by Gasteiger charge is -2.56. The molecule has 4 fully saturated rings. The number of aryl methyl sites for hydroxylation is 1. The zero-order valence-electron chi connectivity index (χ0n) is 13.8. The molecule has 4 aliphatic carbocycles. The highest BCUT2D eigenvalue weighted by Gasteiger charge is 2.50. The minimum Gasteiger partial charge on any atom is -0.355 e. The van der Waals surface area contributed by atoms with E-state index in [9.17, 15) is 9.59 Å². The van der Waals surface area contributed by atoms with E-state index in [1.807, 2.05) is 12.3 Å². The Hall–Kier alpha value is -1.10. The van der Waals surface area contributed by atoms with Crippen LogP contribution in [0, 0.1) is 30.1 Å². The lowest BCUT2D eigenvalue weighted by Crippen LogP contribution is -2.51. The Kier molecular flexibility index (Phi) is 3.87. The van der Waals surface area contributed by atoms with Crippen molar-refractivity contribution in [1.29, 1.82) is 0 Å². The molecule has 1 aromatic rings. The Morgan fingerprint density at radius 3 is 2.39 bits per heavy atom. The Labute approximate surface area is 141 Å². The summed E-state index contributed by atoms with van der Waals surface area (Å²) in [6.45, 7) is 3.28. The third-order valence-corrected chi connectivity index (χ3v) is 7.25. The summed E-state index contributed by atoms with van der Waals surface area (Å²) < 4.78 is 1.70. The van der Waals surface area contributed by atoms with Crippen LogP contribution >= 0.6 is 11.3 Å². The van der Waals surface area contributed by atoms with Crippen LogP contribution in [0.4, 0.5) is 0 Å². The summed E-state index contributed by atoms with van der Waals surface area (Å²) in [6, 6.07) is 0. The van der Waals surface area contributed by atoms with Crippen molar-refractivity contribution in [3.05, 3.63) is 20.7 Å². The van der Waals surface area contributed by atoms with Crippen LogP contribution in [-0.2, 0) is 11.3 Å². The molecule has 0 spiro atoms. The van der Waals surface area contributed by atoms with Gasteiger partial charge in [0.25, 0.3) is 0 Å². The van der Waals surface area contributed by atoms with Gasteiger partial charge in [0.1, 0.15) is 0 Å². The van der Waals surface area contributed by atoms with E-state index >= 15 is 0 Å². The number of nitrogens with one attached hydrogen (secondary N) is 1. The zero-order valence-corrected chi connectivity index (χ0v) is 14.7. The molecule has 0 unspecified atom stereocenters. The zero-order chi connectivity index (χ0) is 16.0. The van der Waals surface area contributed by atoms with Gasteiger partial charge in [0.2, 0.25) is 5.91 Å². The molecule has 0 saturated heterocycles. The van der Waals surface area contributed by atoms with E-state index in [1.54, 1.807) is 4.57 Å². The van der Waals surface area contributed by atoms with Crippen LogP contribution in [-0.4, -0.2) is 17.0 Å². The number of hydrogen-bond donors (Lipinski definition) is 1. The summed E-state index contributed by atoms with van der Waals surface area (Å²) in [7, 11) is 0. The van der Waals surface area contributed by atoms with Crippen LogP contribution in [0.5, 0.6) is 0 Å². The minimum atomic E-state index is 0.0383. The van der Waals surface area contributed by atoms with E-state index in [2.05, 4.69) is 5.32 Å². The van der Waals surface area contributed by atoms with Crippen LogP contribution < -0.4 is 10.2 Å². The first kappa shape index (κ1) is 15.4. The van der Waals surface area contributed by atoms with Gasteiger partial charge in [-0.15, -0.1) is 0 Å². The van der Waals surface area contributed by atoms with Crippen LogP contribution in [0.3, 0.4) is 0 Å². The summed E-state index contributed by atoms with van der Waals surface area (Å²) >= 11 is 1.21. The summed E-state index contributed by atoms with van der Waals surface area (Å²) in [5.41, 5.74) is 1.34. The second kappa shape index (κ2) is 5.76. The van der Waals surface area contributed by atoms with Gasteiger partial charge in [0.05, 0.1) is 0 Å². The fraction of sp³-hybridized carbons (Fsp3) is 0.778. The predicted molar refractivity (Wildman–Crippen MR) is 91.5 cm³/mol.